The number of carboxylic acid groups (broad SMARTS) is 1. The maximum Gasteiger partial charge on any atom is 0.303 e. The van der Waals surface area contributed by atoms with Crippen LogP contribution >= 0.6 is 0 Å². The van der Waals surface area contributed by atoms with Gasteiger partial charge in [0, 0.05) is 12.5 Å². The molecule has 2 bridgehead atoms. The number of hydrogen-bond donors (Lipinski definition) is 3. The Balaban J connectivity index is 1.69. The number of carboxylic acids is 1. The minimum Gasteiger partial charge on any atom is -0.508 e. The first-order valence-corrected chi connectivity index (χ1v) is 11.8. The highest BCUT2D eigenvalue weighted by Gasteiger charge is 2.58. The van der Waals surface area contributed by atoms with E-state index in [1.165, 1.54) is 24.3 Å². The van der Waals surface area contributed by atoms with Gasteiger partial charge < -0.3 is 10.2 Å². The van der Waals surface area contributed by atoms with Crippen LogP contribution in [0.5, 0.6) is 5.75 Å². The first-order valence-electron chi connectivity index (χ1n) is 10.3. The summed E-state index contributed by atoms with van der Waals surface area (Å²) in [4.78, 5) is 10.8. The molecule has 3 aliphatic carbocycles. The molecule has 4 unspecified atom stereocenters. The van der Waals surface area contributed by atoms with Crippen LogP contribution in [0.25, 0.3) is 0 Å². The van der Waals surface area contributed by atoms with E-state index in [1.807, 2.05) is 6.08 Å². The first-order chi connectivity index (χ1) is 13.6. The number of allylic oxidation sites excluding steroid dienone is 2. The van der Waals surface area contributed by atoms with Gasteiger partial charge in [0.2, 0.25) is 10.0 Å². The fourth-order valence-corrected chi connectivity index (χ4v) is 6.31. The average molecular weight is 422 g/mol. The predicted octanol–water partition coefficient (Wildman–Crippen LogP) is 3.92. The molecule has 6 nitrogen and oxygen atoms in total. The van der Waals surface area contributed by atoms with Crippen molar-refractivity contribution in [2.24, 2.45) is 23.2 Å². The second-order valence-electron chi connectivity index (χ2n) is 8.99. The predicted molar refractivity (Wildman–Crippen MR) is 111 cm³/mol. The summed E-state index contributed by atoms with van der Waals surface area (Å²) < 4.78 is 28.9. The summed E-state index contributed by atoms with van der Waals surface area (Å²) in [6.45, 7) is 4.46. The van der Waals surface area contributed by atoms with Gasteiger partial charge in [-0.2, -0.15) is 0 Å². The lowest BCUT2D eigenvalue weighted by Crippen LogP contribution is -2.63. The summed E-state index contributed by atoms with van der Waals surface area (Å²) in [6, 6.07) is 5.49. The third-order valence-electron chi connectivity index (χ3n) is 6.88. The highest BCUT2D eigenvalue weighted by Crippen LogP contribution is 2.61. The van der Waals surface area contributed by atoms with Crippen LogP contribution in [0.1, 0.15) is 52.4 Å². The molecule has 3 fully saturated rings. The van der Waals surface area contributed by atoms with Gasteiger partial charge in [0.05, 0.1) is 4.90 Å². The molecule has 7 heteroatoms. The molecular formula is C22H31NO5S. The minimum absolute atomic E-state index is 0.0375. The molecule has 0 amide bonds. The smallest absolute Gasteiger partial charge is 0.303 e. The molecule has 1 aromatic rings. The highest BCUT2D eigenvalue weighted by atomic mass is 32.2. The van der Waals surface area contributed by atoms with Crippen LogP contribution in [-0.4, -0.2) is 30.6 Å². The standard InChI is InChI=1S/C22H31NO5S/c1-22(2)16-13-15(7-5-3-4-6-8-20(25)26)21(19(22)14-16)23-29(27,28)18-11-9-17(24)10-12-18/h3,5,9-12,15-16,19,21,23-24H,4,6-8,13-14H2,1-2H3,(H,25,26). The van der Waals surface area contributed by atoms with Gasteiger partial charge >= 0.3 is 5.97 Å². The number of benzene rings is 1. The lowest BCUT2D eigenvalue weighted by atomic mass is 9.45. The number of phenolic OH excluding ortho intramolecular Hbond substituents is 1. The normalized spacial score (nSPS) is 28.2. The Morgan fingerprint density at radius 2 is 1.90 bits per heavy atom. The van der Waals surface area contributed by atoms with Crippen molar-refractivity contribution in [1.82, 2.24) is 4.72 Å². The summed E-state index contributed by atoms with van der Waals surface area (Å²) >= 11 is 0. The van der Waals surface area contributed by atoms with Crippen molar-refractivity contribution in [1.29, 1.82) is 0 Å². The lowest BCUT2D eigenvalue weighted by Gasteiger charge is -2.62. The monoisotopic (exact) mass is 421 g/mol. The summed E-state index contributed by atoms with van der Waals surface area (Å²) in [5.74, 6) is 0.410. The number of aromatic hydroxyl groups is 1. The fraction of sp³-hybridized carbons (Fsp3) is 0.591. The van der Waals surface area contributed by atoms with Gasteiger partial charge in [0.1, 0.15) is 5.75 Å². The molecule has 0 aromatic heterocycles. The third-order valence-corrected chi connectivity index (χ3v) is 8.36. The van der Waals surface area contributed by atoms with Gasteiger partial charge in [-0.05, 0) is 79.5 Å². The Bertz CT molecular complexity index is 860. The number of phenols is 1. The van der Waals surface area contributed by atoms with Crippen LogP contribution in [0.4, 0.5) is 0 Å². The first kappa shape index (κ1) is 21.8. The van der Waals surface area contributed by atoms with Gasteiger partial charge in [-0.3, -0.25) is 4.79 Å². The Morgan fingerprint density at radius 3 is 2.52 bits per heavy atom. The van der Waals surface area contributed by atoms with Crippen molar-refractivity contribution >= 4 is 16.0 Å². The average Bonchev–Trinajstić information content (AvgIpc) is 2.65. The number of carbonyl (C=O) groups is 1. The maximum absolute atomic E-state index is 12.9. The van der Waals surface area contributed by atoms with Crippen molar-refractivity contribution in [3.8, 4) is 5.75 Å². The number of fused-ring (bicyclic) bond motifs is 2. The minimum atomic E-state index is -3.67. The number of aliphatic carboxylic acids is 1. The third kappa shape index (κ3) is 4.83. The zero-order valence-corrected chi connectivity index (χ0v) is 17.9. The van der Waals surface area contributed by atoms with E-state index >= 15 is 0 Å². The van der Waals surface area contributed by atoms with E-state index in [-0.39, 0.29) is 34.4 Å². The molecule has 29 heavy (non-hydrogen) atoms. The molecule has 3 aliphatic rings. The van der Waals surface area contributed by atoms with Crippen LogP contribution in [0.3, 0.4) is 0 Å². The van der Waals surface area contributed by atoms with Crippen LogP contribution < -0.4 is 4.72 Å². The molecule has 3 saturated carbocycles. The topological polar surface area (TPSA) is 104 Å². The molecule has 0 aliphatic heterocycles. The van der Waals surface area contributed by atoms with Crippen molar-refractivity contribution < 1.29 is 23.4 Å². The van der Waals surface area contributed by atoms with Gasteiger partial charge in [-0.1, -0.05) is 26.0 Å². The quantitative estimate of drug-likeness (QED) is 0.414. The molecule has 0 saturated heterocycles. The molecular weight excluding hydrogens is 390 g/mol. The molecule has 160 valence electrons. The van der Waals surface area contributed by atoms with Crippen LogP contribution in [-0.2, 0) is 14.8 Å². The number of sulfonamides is 1. The van der Waals surface area contributed by atoms with Gasteiger partial charge in [0.15, 0.2) is 0 Å². The highest BCUT2D eigenvalue weighted by molar-refractivity contribution is 7.89. The van der Waals surface area contributed by atoms with E-state index in [0.29, 0.717) is 18.3 Å². The van der Waals surface area contributed by atoms with Crippen molar-refractivity contribution in [2.75, 3.05) is 0 Å². The summed E-state index contributed by atoms with van der Waals surface area (Å²) in [7, 11) is -3.67. The number of hydrogen-bond acceptors (Lipinski definition) is 4. The van der Waals surface area contributed by atoms with Gasteiger partial charge in [-0.25, -0.2) is 13.1 Å². The second kappa shape index (κ2) is 8.48. The van der Waals surface area contributed by atoms with Gasteiger partial charge in [0.25, 0.3) is 0 Å². The van der Waals surface area contributed by atoms with Crippen LogP contribution in [0.2, 0.25) is 0 Å². The molecule has 0 spiro atoms. The zero-order chi connectivity index (χ0) is 21.2. The molecule has 0 radical (unpaired) electrons. The Kier molecular flexibility index (Phi) is 6.39. The number of rotatable bonds is 9. The summed E-state index contributed by atoms with van der Waals surface area (Å²) in [5.41, 5.74) is 0.129. The fourth-order valence-electron chi connectivity index (χ4n) is 4.96. The summed E-state index contributed by atoms with van der Waals surface area (Å²) in [5, 5.41) is 18.1. The maximum atomic E-state index is 12.9. The van der Waals surface area contributed by atoms with E-state index in [0.717, 1.165) is 25.7 Å². The van der Waals surface area contributed by atoms with E-state index in [4.69, 9.17) is 5.11 Å². The van der Waals surface area contributed by atoms with E-state index in [9.17, 15) is 18.3 Å². The largest absolute Gasteiger partial charge is 0.508 e. The van der Waals surface area contributed by atoms with E-state index < -0.39 is 16.0 Å². The Hall–Kier alpha value is -1.86. The zero-order valence-electron chi connectivity index (χ0n) is 17.0. The lowest BCUT2D eigenvalue weighted by molar-refractivity contribution is -0.137. The summed E-state index contributed by atoms with van der Waals surface area (Å²) in [6.07, 6.45) is 8.43. The van der Waals surface area contributed by atoms with Crippen molar-refractivity contribution in [2.45, 2.75) is 63.3 Å². The van der Waals surface area contributed by atoms with E-state index in [1.54, 1.807) is 0 Å². The molecule has 0 heterocycles. The van der Waals surface area contributed by atoms with Crippen molar-refractivity contribution in [3.05, 3.63) is 36.4 Å². The Morgan fingerprint density at radius 1 is 1.21 bits per heavy atom. The molecule has 3 N–H and O–H groups in total. The Labute approximate surface area is 173 Å². The SMILES string of the molecule is CC1(C)C2CC(CC=CCCCC(=O)O)C(NS(=O)(=O)c3ccc(O)cc3)C1C2. The number of nitrogens with one attached hydrogen (secondary N) is 1. The second-order valence-corrected chi connectivity index (χ2v) is 10.7. The van der Waals surface area contributed by atoms with Gasteiger partial charge in [-0.15, -0.1) is 0 Å². The molecule has 4 atom stereocenters. The molecule has 1 aromatic carbocycles. The number of unbranched alkanes of at least 4 members (excludes halogenated alkanes) is 1. The van der Waals surface area contributed by atoms with E-state index in [2.05, 4.69) is 24.6 Å². The van der Waals surface area contributed by atoms with Crippen molar-refractivity contribution in [3.63, 3.8) is 0 Å². The molecule has 4 rings (SSSR count). The van der Waals surface area contributed by atoms with Crippen LogP contribution in [0.15, 0.2) is 41.3 Å². The van der Waals surface area contributed by atoms with Crippen LogP contribution in [0, 0.1) is 23.2 Å².